The smallest absolute Gasteiger partial charge is 0.338 e. The van der Waals surface area contributed by atoms with Crippen molar-refractivity contribution in [3.8, 4) is 0 Å². The van der Waals surface area contributed by atoms with E-state index in [0.717, 1.165) is 37.5 Å². The van der Waals surface area contributed by atoms with Gasteiger partial charge in [0.15, 0.2) is 0 Å². The fourth-order valence-electron chi connectivity index (χ4n) is 2.96. The molecule has 0 atom stereocenters. The van der Waals surface area contributed by atoms with Gasteiger partial charge < -0.3 is 10.1 Å². The topological polar surface area (TPSA) is 142 Å². The number of hydrogen-bond donors (Lipinski definition) is 1. The molecule has 0 unspecified atom stereocenters. The van der Waals surface area contributed by atoms with Crippen LogP contribution in [-0.4, -0.2) is 28.3 Å². The molecule has 10 heteroatoms. The highest BCUT2D eigenvalue weighted by Gasteiger charge is 2.20. The number of nitrogens with one attached hydrogen (secondary N) is 1. The number of carbonyl (C=O) groups excluding carboxylic acids is 2. The van der Waals surface area contributed by atoms with Gasteiger partial charge in [-0.1, -0.05) is 39.0 Å². The van der Waals surface area contributed by atoms with E-state index in [1.807, 2.05) is 0 Å². The number of ether oxygens (including phenoxy) is 1. The summed E-state index contributed by atoms with van der Waals surface area (Å²) in [7, 11) is 0. The molecule has 2 rings (SSSR count). The van der Waals surface area contributed by atoms with Gasteiger partial charge in [0.25, 0.3) is 17.3 Å². The summed E-state index contributed by atoms with van der Waals surface area (Å²) in [4.78, 5) is 44.8. The zero-order chi connectivity index (χ0) is 23.5. The van der Waals surface area contributed by atoms with Crippen molar-refractivity contribution in [2.75, 3.05) is 11.9 Å². The second kappa shape index (κ2) is 12.1. The number of hydrogen-bond acceptors (Lipinski definition) is 7. The lowest BCUT2D eigenvalue weighted by Gasteiger charge is -2.08. The van der Waals surface area contributed by atoms with Crippen LogP contribution >= 0.6 is 0 Å². The summed E-state index contributed by atoms with van der Waals surface area (Å²) < 4.78 is 5.24. The van der Waals surface area contributed by atoms with E-state index in [9.17, 15) is 29.8 Å². The predicted molar refractivity (Wildman–Crippen MR) is 118 cm³/mol. The minimum absolute atomic E-state index is 0.228. The maximum Gasteiger partial charge on any atom is 0.338 e. The summed E-state index contributed by atoms with van der Waals surface area (Å²) in [5, 5.41) is 24.4. The molecular formula is C22H25N3O7. The molecule has 2 aromatic rings. The standard InChI is InChI=1S/C22H25N3O7/c1-2-3-4-5-6-7-12-32-22(27)16-8-10-18(11-9-16)23-21(26)17-13-19(24(28)29)15-20(14-17)25(30)31/h8-11,13-15H,2-7,12H2,1H3,(H,23,26). The predicted octanol–water partition coefficient (Wildman–Crippen LogP) is 5.27. The molecule has 0 radical (unpaired) electrons. The van der Waals surface area contributed by atoms with Crippen LogP contribution in [-0.2, 0) is 4.74 Å². The number of non-ortho nitro benzene ring substituents is 2. The van der Waals surface area contributed by atoms with Crippen molar-refractivity contribution in [3.05, 3.63) is 73.8 Å². The molecule has 0 fully saturated rings. The lowest BCUT2D eigenvalue weighted by atomic mass is 10.1. The van der Waals surface area contributed by atoms with Crippen molar-refractivity contribution in [2.24, 2.45) is 0 Å². The summed E-state index contributed by atoms with van der Waals surface area (Å²) in [5.41, 5.74) is -0.717. The van der Waals surface area contributed by atoms with Gasteiger partial charge in [0.1, 0.15) is 0 Å². The number of esters is 1. The van der Waals surface area contributed by atoms with E-state index < -0.39 is 33.1 Å². The van der Waals surface area contributed by atoms with Crippen molar-refractivity contribution in [2.45, 2.75) is 45.4 Å². The second-order valence-electron chi connectivity index (χ2n) is 7.19. The van der Waals surface area contributed by atoms with Crippen molar-refractivity contribution in [3.63, 3.8) is 0 Å². The molecule has 10 nitrogen and oxygen atoms in total. The molecule has 0 aliphatic rings. The number of anilines is 1. The third-order valence-corrected chi connectivity index (χ3v) is 4.70. The van der Waals surface area contributed by atoms with Gasteiger partial charge in [-0.15, -0.1) is 0 Å². The fraction of sp³-hybridized carbons (Fsp3) is 0.364. The van der Waals surface area contributed by atoms with Crippen LogP contribution in [0.5, 0.6) is 0 Å². The first-order chi connectivity index (χ1) is 15.3. The minimum atomic E-state index is -0.810. The average molecular weight is 443 g/mol. The molecule has 1 N–H and O–H groups in total. The van der Waals surface area contributed by atoms with Crippen molar-refractivity contribution in [1.29, 1.82) is 0 Å². The average Bonchev–Trinajstić information content (AvgIpc) is 2.78. The molecule has 0 saturated carbocycles. The van der Waals surface area contributed by atoms with Crippen molar-refractivity contribution < 1.29 is 24.2 Å². The molecule has 0 aliphatic heterocycles. The monoisotopic (exact) mass is 443 g/mol. The number of nitrogens with zero attached hydrogens (tertiary/aromatic N) is 2. The van der Waals surface area contributed by atoms with E-state index in [2.05, 4.69) is 12.2 Å². The fourth-order valence-corrected chi connectivity index (χ4v) is 2.96. The van der Waals surface area contributed by atoms with Crippen LogP contribution in [0, 0.1) is 20.2 Å². The molecule has 0 bridgehead atoms. The van der Waals surface area contributed by atoms with Gasteiger partial charge in [0.05, 0.1) is 33.6 Å². The number of benzene rings is 2. The summed E-state index contributed by atoms with van der Waals surface area (Å²) in [5.74, 6) is -1.22. The summed E-state index contributed by atoms with van der Waals surface area (Å²) in [6.07, 6.45) is 6.50. The van der Waals surface area contributed by atoms with Crippen molar-refractivity contribution in [1.82, 2.24) is 0 Å². The Bertz CT molecular complexity index is 942. The Morgan fingerprint density at radius 2 is 1.41 bits per heavy atom. The van der Waals surface area contributed by atoms with Crippen molar-refractivity contribution >= 4 is 28.9 Å². The van der Waals surface area contributed by atoms with Gasteiger partial charge in [0, 0.05) is 17.8 Å². The number of carbonyl (C=O) groups is 2. The van der Waals surface area contributed by atoms with Gasteiger partial charge in [-0.3, -0.25) is 25.0 Å². The number of nitro groups is 2. The summed E-state index contributed by atoms with van der Waals surface area (Å²) in [6.45, 7) is 2.49. The highest BCUT2D eigenvalue weighted by Crippen LogP contribution is 2.23. The van der Waals surface area contributed by atoms with Gasteiger partial charge in [-0.25, -0.2) is 4.79 Å². The van der Waals surface area contributed by atoms with Crippen LogP contribution in [0.4, 0.5) is 17.1 Å². The van der Waals surface area contributed by atoms with E-state index in [4.69, 9.17) is 4.74 Å². The highest BCUT2D eigenvalue weighted by atomic mass is 16.6. The zero-order valence-corrected chi connectivity index (χ0v) is 17.7. The van der Waals surface area contributed by atoms with Crippen LogP contribution in [0.15, 0.2) is 42.5 Å². The first kappa shape index (κ1) is 24.4. The third kappa shape index (κ3) is 7.46. The molecule has 1 amide bonds. The van der Waals surface area contributed by atoms with Gasteiger partial charge >= 0.3 is 5.97 Å². The minimum Gasteiger partial charge on any atom is -0.462 e. The molecule has 0 aliphatic carbocycles. The Kier molecular flexibility index (Phi) is 9.27. The quantitative estimate of drug-likeness (QED) is 0.204. The zero-order valence-electron chi connectivity index (χ0n) is 17.7. The number of unbranched alkanes of at least 4 members (excludes halogenated alkanes) is 5. The summed E-state index contributed by atoms with van der Waals surface area (Å²) >= 11 is 0. The van der Waals surface area contributed by atoms with Crippen LogP contribution in [0.1, 0.15) is 66.2 Å². The van der Waals surface area contributed by atoms with Gasteiger partial charge in [-0.05, 0) is 30.7 Å². The summed E-state index contributed by atoms with van der Waals surface area (Å²) in [6, 6.07) is 8.61. The Morgan fingerprint density at radius 3 is 1.97 bits per heavy atom. The molecule has 0 aromatic heterocycles. The van der Waals surface area contributed by atoms with Crippen LogP contribution in [0.3, 0.4) is 0 Å². The van der Waals surface area contributed by atoms with Crippen LogP contribution < -0.4 is 5.32 Å². The number of nitro benzene ring substituents is 2. The molecule has 0 saturated heterocycles. The van der Waals surface area contributed by atoms with Crippen LogP contribution in [0.2, 0.25) is 0 Å². The molecule has 0 spiro atoms. The third-order valence-electron chi connectivity index (χ3n) is 4.70. The van der Waals surface area contributed by atoms with E-state index >= 15 is 0 Å². The Balaban J connectivity index is 1.93. The largest absolute Gasteiger partial charge is 0.462 e. The normalized spacial score (nSPS) is 10.4. The Hall–Kier alpha value is -3.82. The van der Waals surface area contributed by atoms with E-state index in [0.29, 0.717) is 17.9 Å². The van der Waals surface area contributed by atoms with Gasteiger partial charge in [-0.2, -0.15) is 0 Å². The number of rotatable bonds is 12. The molecule has 2 aromatic carbocycles. The Labute approximate surface area is 184 Å². The van der Waals surface area contributed by atoms with Gasteiger partial charge in [0.2, 0.25) is 0 Å². The maximum atomic E-state index is 12.4. The molecule has 0 heterocycles. The Morgan fingerprint density at radius 1 is 0.844 bits per heavy atom. The molecule has 32 heavy (non-hydrogen) atoms. The SMILES string of the molecule is CCCCCCCCOC(=O)c1ccc(NC(=O)c2cc([N+](=O)[O-])cc([N+](=O)[O-])c2)cc1. The lowest BCUT2D eigenvalue weighted by molar-refractivity contribution is -0.394. The maximum absolute atomic E-state index is 12.4. The first-order valence-corrected chi connectivity index (χ1v) is 10.3. The highest BCUT2D eigenvalue weighted by molar-refractivity contribution is 6.05. The van der Waals surface area contributed by atoms with E-state index in [1.54, 1.807) is 0 Å². The number of amides is 1. The first-order valence-electron chi connectivity index (χ1n) is 10.3. The molecule has 170 valence electrons. The lowest BCUT2D eigenvalue weighted by Crippen LogP contribution is -2.13. The molecular weight excluding hydrogens is 418 g/mol. The van der Waals surface area contributed by atoms with Crippen LogP contribution in [0.25, 0.3) is 0 Å². The van der Waals surface area contributed by atoms with E-state index in [1.165, 1.54) is 43.5 Å². The van der Waals surface area contributed by atoms with E-state index in [-0.39, 0.29) is 5.56 Å². The second-order valence-corrected chi connectivity index (χ2v) is 7.19.